The van der Waals surface area contributed by atoms with E-state index in [-0.39, 0.29) is 0 Å². The zero-order valence-corrected chi connectivity index (χ0v) is 14.1. The molecule has 2 aliphatic heterocycles. The van der Waals surface area contributed by atoms with Crippen LogP contribution < -0.4 is 0 Å². The van der Waals surface area contributed by atoms with Crippen LogP contribution in [0.25, 0.3) is 0 Å². The van der Waals surface area contributed by atoms with E-state index in [0.29, 0.717) is 16.2 Å². The average Bonchev–Trinajstić information content (AvgIpc) is 2.57. The summed E-state index contributed by atoms with van der Waals surface area (Å²) in [6.07, 6.45) is 16.1. The molecule has 0 spiro atoms. The predicted octanol–water partition coefficient (Wildman–Crippen LogP) is 4.78. The van der Waals surface area contributed by atoms with Crippen molar-refractivity contribution in [1.29, 1.82) is 0 Å². The van der Waals surface area contributed by atoms with Crippen molar-refractivity contribution in [3.05, 3.63) is 11.6 Å². The van der Waals surface area contributed by atoms with Crippen LogP contribution in [-0.4, -0.2) is 24.0 Å². The van der Waals surface area contributed by atoms with Crippen molar-refractivity contribution in [2.75, 3.05) is 7.05 Å². The van der Waals surface area contributed by atoms with Crippen molar-refractivity contribution in [3.8, 4) is 0 Å². The molecule has 116 valence electrons. The van der Waals surface area contributed by atoms with Crippen molar-refractivity contribution in [2.24, 2.45) is 22.2 Å². The molecule has 5 fully saturated rings. The van der Waals surface area contributed by atoms with Gasteiger partial charge in [0, 0.05) is 12.1 Å². The molecule has 6 aliphatic rings. The summed E-state index contributed by atoms with van der Waals surface area (Å²) in [7, 11) is 2.36. The summed E-state index contributed by atoms with van der Waals surface area (Å²) < 4.78 is 0. The summed E-state index contributed by atoms with van der Waals surface area (Å²) in [5.41, 5.74) is 3.86. The first kappa shape index (κ1) is 13.2. The molecule has 2 heterocycles. The van der Waals surface area contributed by atoms with Crippen molar-refractivity contribution in [3.63, 3.8) is 0 Å². The largest absolute Gasteiger partial charge is 0.297 e. The van der Waals surface area contributed by atoms with Gasteiger partial charge in [-0.1, -0.05) is 25.5 Å². The first-order valence-electron chi connectivity index (χ1n) is 9.32. The quantitative estimate of drug-likeness (QED) is 0.627. The van der Waals surface area contributed by atoms with Crippen molar-refractivity contribution >= 4 is 0 Å². The van der Waals surface area contributed by atoms with Gasteiger partial charge in [-0.25, -0.2) is 0 Å². The van der Waals surface area contributed by atoms with Gasteiger partial charge in [-0.15, -0.1) is 0 Å². The van der Waals surface area contributed by atoms with E-state index in [2.05, 4.69) is 31.9 Å². The predicted molar refractivity (Wildman–Crippen MR) is 87.1 cm³/mol. The fourth-order valence-electron chi connectivity index (χ4n) is 8.24. The lowest BCUT2D eigenvalue weighted by Gasteiger charge is -2.66. The van der Waals surface area contributed by atoms with E-state index in [1.807, 2.05) is 5.57 Å². The number of hydrogen-bond donors (Lipinski definition) is 0. The van der Waals surface area contributed by atoms with Gasteiger partial charge in [0.25, 0.3) is 0 Å². The first-order valence-corrected chi connectivity index (χ1v) is 9.32. The van der Waals surface area contributed by atoms with Crippen LogP contribution in [0.4, 0.5) is 0 Å². The smallest absolute Gasteiger partial charge is 0.0281 e. The van der Waals surface area contributed by atoms with Crippen LogP contribution >= 0.6 is 0 Å². The Hall–Kier alpha value is -0.300. The van der Waals surface area contributed by atoms with E-state index >= 15 is 0 Å². The molecule has 0 N–H and O–H groups in total. The van der Waals surface area contributed by atoms with Crippen LogP contribution in [0.15, 0.2) is 11.6 Å². The third-order valence-corrected chi connectivity index (χ3v) is 8.05. The number of rotatable bonds is 1. The van der Waals surface area contributed by atoms with E-state index in [1.165, 1.54) is 57.8 Å². The number of fused-ring (bicyclic) bond motifs is 2. The molecule has 0 aromatic carbocycles. The Morgan fingerprint density at radius 3 is 2.33 bits per heavy atom. The highest BCUT2D eigenvalue weighted by Crippen LogP contribution is 2.72. The minimum absolute atomic E-state index is 0.616. The molecule has 0 amide bonds. The Labute approximate surface area is 130 Å². The van der Waals surface area contributed by atoms with Gasteiger partial charge in [0.1, 0.15) is 0 Å². The molecule has 1 saturated heterocycles. The third-order valence-electron chi connectivity index (χ3n) is 8.05. The fourth-order valence-corrected chi connectivity index (χ4v) is 8.24. The fraction of sp³-hybridized carbons (Fsp3) is 0.900. The molecule has 0 aromatic heterocycles. The molecule has 4 saturated carbocycles. The number of nitrogens with zero attached hydrogens (tertiary/aromatic N) is 1. The highest BCUT2D eigenvalue weighted by atomic mass is 15.2. The zero-order valence-electron chi connectivity index (χ0n) is 14.1. The molecule has 4 aliphatic carbocycles. The van der Waals surface area contributed by atoms with Crippen LogP contribution in [0.1, 0.15) is 71.6 Å². The van der Waals surface area contributed by atoms with Crippen LogP contribution in [0.5, 0.6) is 0 Å². The molecule has 4 unspecified atom stereocenters. The van der Waals surface area contributed by atoms with Gasteiger partial charge < -0.3 is 0 Å². The molecule has 6 bridgehead atoms. The second-order valence-corrected chi connectivity index (χ2v) is 10.3. The van der Waals surface area contributed by atoms with E-state index in [9.17, 15) is 0 Å². The number of hydrogen-bond acceptors (Lipinski definition) is 1. The zero-order chi connectivity index (χ0) is 14.5. The van der Waals surface area contributed by atoms with Crippen molar-refractivity contribution < 1.29 is 0 Å². The summed E-state index contributed by atoms with van der Waals surface area (Å²) >= 11 is 0. The minimum Gasteiger partial charge on any atom is -0.297 e. The third kappa shape index (κ3) is 1.73. The summed E-state index contributed by atoms with van der Waals surface area (Å²) in [5, 5.41) is 0. The van der Waals surface area contributed by atoms with Gasteiger partial charge in [0.15, 0.2) is 0 Å². The molecular formula is C20H31N. The normalized spacial score (nSPS) is 58.6. The summed E-state index contributed by atoms with van der Waals surface area (Å²) in [6.45, 7) is 5.24. The molecular weight excluding hydrogens is 254 g/mol. The Morgan fingerprint density at radius 1 is 1.00 bits per heavy atom. The molecule has 4 atom stereocenters. The van der Waals surface area contributed by atoms with Gasteiger partial charge in [0.2, 0.25) is 0 Å². The minimum atomic E-state index is 0.616. The molecule has 0 aromatic rings. The maximum absolute atomic E-state index is 2.74. The van der Waals surface area contributed by atoms with Crippen molar-refractivity contribution in [1.82, 2.24) is 4.90 Å². The highest BCUT2D eigenvalue weighted by Gasteiger charge is 2.61. The second kappa shape index (κ2) is 3.78. The molecule has 1 nitrogen and oxygen atoms in total. The Morgan fingerprint density at radius 2 is 1.71 bits per heavy atom. The maximum atomic E-state index is 2.74. The lowest BCUT2D eigenvalue weighted by molar-refractivity contribution is -0.131. The number of likely N-dealkylation sites (N-methyl/N-ethyl adjacent to an activating group) is 1. The molecule has 0 radical (unpaired) electrons. The van der Waals surface area contributed by atoms with E-state index < -0.39 is 0 Å². The Bertz CT molecular complexity index is 500. The second-order valence-electron chi connectivity index (χ2n) is 10.3. The van der Waals surface area contributed by atoms with E-state index in [0.717, 1.165) is 18.0 Å². The van der Waals surface area contributed by atoms with Gasteiger partial charge >= 0.3 is 0 Å². The lowest BCUT2D eigenvalue weighted by atomic mass is 9.39. The Kier molecular flexibility index (Phi) is 2.37. The van der Waals surface area contributed by atoms with Gasteiger partial charge in [-0.05, 0) is 87.0 Å². The van der Waals surface area contributed by atoms with Crippen LogP contribution in [0.3, 0.4) is 0 Å². The summed E-state index contributed by atoms with van der Waals surface area (Å²) in [5.74, 6) is 1.04. The van der Waals surface area contributed by atoms with Crippen LogP contribution in [-0.2, 0) is 0 Å². The summed E-state index contributed by atoms with van der Waals surface area (Å²) in [4.78, 5) is 2.66. The van der Waals surface area contributed by atoms with Gasteiger partial charge in [-0.2, -0.15) is 0 Å². The standard InChI is InChI=1S/C20H31N/c1-18-8-14-9-19(2,11-18)13-20(10-14,12-18)15-6-16-4-5-17(7-15)21(16)3/h6,14,16-17H,4-5,7-13H2,1-3H3. The molecule has 1 heteroatoms. The van der Waals surface area contributed by atoms with E-state index in [4.69, 9.17) is 0 Å². The highest BCUT2D eigenvalue weighted by molar-refractivity contribution is 5.29. The van der Waals surface area contributed by atoms with E-state index in [1.54, 1.807) is 0 Å². The Balaban J connectivity index is 1.56. The van der Waals surface area contributed by atoms with Crippen LogP contribution in [0.2, 0.25) is 0 Å². The SMILES string of the molecule is CN1C2C=C(C34CC5CC(C)(CC(C)(C5)C3)C4)CC1CC2. The van der Waals surface area contributed by atoms with Gasteiger partial charge in [-0.3, -0.25) is 4.90 Å². The summed E-state index contributed by atoms with van der Waals surface area (Å²) in [6, 6.07) is 1.64. The molecule has 6 rings (SSSR count). The first-order chi connectivity index (χ1) is 9.89. The topological polar surface area (TPSA) is 3.24 Å². The van der Waals surface area contributed by atoms with Crippen molar-refractivity contribution in [2.45, 2.75) is 83.7 Å². The average molecular weight is 285 g/mol. The monoisotopic (exact) mass is 285 g/mol. The molecule has 21 heavy (non-hydrogen) atoms. The maximum Gasteiger partial charge on any atom is 0.0281 e. The van der Waals surface area contributed by atoms with Gasteiger partial charge in [0.05, 0.1) is 0 Å². The van der Waals surface area contributed by atoms with Crippen LogP contribution in [0, 0.1) is 22.2 Å². The lowest BCUT2D eigenvalue weighted by Crippen LogP contribution is -2.56.